The van der Waals surface area contributed by atoms with Crippen LogP contribution >= 0.6 is 0 Å². The van der Waals surface area contributed by atoms with E-state index in [0.29, 0.717) is 38.8 Å². The molecule has 0 aromatic carbocycles. The van der Waals surface area contributed by atoms with Gasteiger partial charge in [-0.25, -0.2) is 0 Å². The van der Waals surface area contributed by atoms with Gasteiger partial charge in [-0.05, 0) is 39.3 Å². The van der Waals surface area contributed by atoms with E-state index < -0.39 is 10.2 Å². The van der Waals surface area contributed by atoms with Crippen LogP contribution in [0, 0.1) is 5.92 Å². The largest absolute Gasteiger partial charge is 0.378 e. The van der Waals surface area contributed by atoms with Crippen LogP contribution in [0.4, 0.5) is 0 Å². The van der Waals surface area contributed by atoms with Gasteiger partial charge >= 0.3 is 0 Å². The monoisotopic (exact) mass is 291 g/mol. The highest BCUT2D eigenvalue weighted by molar-refractivity contribution is 7.86. The highest BCUT2D eigenvalue weighted by atomic mass is 32.2. The second-order valence-electron chi connectivity index (χ2n) is 5.47. The first kappa shape index (κ1) is 15.2. The average Bonchev–Trinajstić information content (AvgIpc) is 2.40. The number of nitrogens with zero attached hydrogens (tertiary/aromatic N) is 2. The molecule has 19 heavy (non-hydrogen) atoms. The van der Waals surface area contributed by atoms with Gasteiger partial charge in [0.05, 0.1) is 13.2 Å². The third-order valence-corrected chi connectivity index (χ3v) is 6.02. The molecule has 7 heteroatoms. The molecule has 0 bridgehead atoms. The quantitative estimate of drug-likeness (QED) is 0.785. The molecule has 1 N–H and O–H groups in total. The lowest BCUT2D eigenvalue weighted by atomic mass is 10.00. The van der Waals surface area contributed by atoms with Gasteiger partial charge in [-0.15, -0.1) is 0 Å². The maximum atomic E-state index is 12.7. The predicted molar refractivity (Wildman–Crippen MR) is 74.1 cm³/mol. The molecule has 2 atom stereocenters. The van der Waals surface area contributed by atoms with Crippen LogP contribution in [0.5, 0.6) is 0 Å². The molecule has 2 fully saturated rings. The lowest BCUT2D eigenvalue weighted by molar-refractivity contribution is 0.0355. The Bertz CT molecular complexity index is 386. The molecule has 2 saturated heterocycles. The van der Waals surface area contributed by atoms with Crippen molar-refractivity contribution < 1.29 is 13.2 Å². The first-order valence-electron chi connectivity index (χ1n) is 7.05. The van der Waals surface area contributed by atoms with Gasteiger partial charge in [-0.3, -0.25) is 0 Å². The van der Waals surface area contributed by atoms with Gasteiger partial charge in [0.25, 0.3) is 10.2 Å². The average molecular weight is 291 g/mol. The van der Waals surface area contributed by atoms with Crippen molar-refractivity contribution in [2.75, 3.05) is 46.4 Å². The molecule has 0 aromatic rings. The van der Waals surface area contributed by atoms with Gasteiger partial charge in [0.1, 0.15) is 0 Å². The number of hydrogen-bond donors (Lipinski definition) is 1. The maximum absolute atomic E-state index is 12.7. The van der Waals surface area contributed by atoms with Gasteiger partial charge < -0.3 is 10.1 Å². The molecule has 0 aromatic heterocycles. The fourth-order valence-electron chi connectivity index (χ4n) is 2.89. The van der Waals surface area contributed by atoms with E-state index in [-0.39, 0.29) is 6.04 Å². The minimum atomic E-state index is -3.33. The van der Waals surface area contributed by atoms with Crippen molar-refractivity contribution in [3.8, 4) is 0 Å². The van der Waals surface area contributed by atoms with Gasteiger partial charge in [0.15, 0.2) is 0 Å². The molecule has 6 nitrogen and oxygen atoms in total. The van der Waals surface area contributed by atoms with E-state index in [1.807, 2.05) is 14.0 Å². The summed E-state index contributed by atoms with van der Waals surface area (Å²) in [5, 5.41) is 3.14. The van der Waals surface area contributed by atoms with E-state index in [2.05, 4.69) is 5.32 Å². The second kappa shape index (κ2) is 6.49. The standard InChI is InChI=1S/C12H25N3O3S/c1-11-10-18-7-6-15(11)19(16,17)14-5-3-4-12(9-14)8-13-2/h11-13H,3-10H2,1-2H3. The summed E-state index contributed by atoms with van der Waals surface area (Å²) in [5.41, 5.74) is 0. The summed E-state index contributed by atoms with van der Waals surface area (Å²) in [6, 6.07) is -0.0663. The zero-order valence-corrected chi connectivity index (χ0v) is 12.7. The Morgan fingerprint density at radius 1 is 1.37 bits per heavy atom. The van der Waals surface area contributed by atoms with Crippen molar-refractivity contribution in [3.05, 3.63) is 0 Å². The summed E-state index contributed by atoms with van der Waals surface area (Å²) < 4.78 is 33.9. The SMILES string of the molecule is CNCC1CCCN(S(=O)(=O)N2CCOCC2C)C1. The third kappa shape index (κ3) is 3.46. The normalized spacial score (nSPS) is 31.5. The minimum Gasteiger partial charge on any atom is -0.378 e. The van der Waals surface area contributed by atoms with E-state index in [4.69, 9.17) is 4.74 Å². The summed E-state index contributed by atoms with van der Waals surface area (Å²) in [5.74, 6) is 0.421. The van der Waals surface area contributed by atoms with E-state index in [1.165, 1.54) is 0 Å². The summed E-state index contributed by atoms with van der Waals surface area (Å²) >= 11 is 0. The van der Waals surface area contributed by atoms with Gasteiger partial charge in [-0.1, -0.05) is 0 Å². The fourth-order valence-corrected chi connectivity index (χ4v) is 4.77. The van der Waals surface area contributed by atoms with E-state index in [1.54, 1.807) is 8.61 Å². The van der Waals surface area contributed by atoms with Crippen molar-refractivity contribution in [3.63, 3.8) is 0 Å². The molecule has 0 aliphatic carbocycles. The van der Waals surface area contributed by atoms with Crippen molar-refractivity contribution in [2.45, 2.75) is 25.8 Å². The summed E-state index contributed by atoms with van der Waals surface area (Å²) in [7, 11) is -1.41. The smallest absolute Gasteiger partial charge is 0.282 e. The van der Waals surface area contributed by atoms with Crippen molar-refractivity contribution in [2.24, 2.45) is 5.92 Å². The van der Waals surface area contributed by atoms with Crippen molar-refractivity contribution >= 4 is 10.2 Å². The van der Waals surface area contributed by atoms with Crippen LogP contribution in [0.15, 0.2) is 0 Å². The topological polar surface area (TPSA) is 61.9 Å². The fraction of sp³-hybridized carbons (Fsp3) is 1.00. The Balaban J connectivity index is 2.05. The highest BCUT2D eigenvalue weighted by Gasteiger charge is 2.37. The number of hydrogen-bond acceptors (Lipinski definition) is 4. The first-order chi connectivity index (χ1) is 9.05. The van der Waals surface area contributed by atoms with Crippen molar-refractivity contribution in [1.29, 1.82) is 0 Å². The summed E-state index contributed by atoms with van der Waals surface area (Å²) in [6.45, 7) is 5.53. The lowest BCUT2D eigenvalue weighted by Gasteiger charge is -2.39. The third-order valence-electron chi connectivity index (χ3n) is 3.90. The molecule has 112 valence electrons. The van der Waals surface area contributed by atoms with Crippen LogP contribution in [0.25, 0.3) is 0 Å². The second-order valence-corrected chi connectivity index (χ2v) is 7.35. The molecule has 2 rings (SSSR count). The summed E-state index contributed by atoms with van der Waals surface area (Å²) in [6.07, 6.45) is 2.05. The molecule has 0 radical (unpaired) electrons. The molecular formula is C12H25N3O3S. The van der Waals surface area contributed by atoms with Crippen LogP contribution in [-0.4, -0.2) is 69.5 Å². The Kier molecular flexibility index (Phi) is 5.19. The number of piperidine rings is 1. The van der Waals surface area contributed by atoms with Gasteiger partial charge in [0, 0.05) is 25.7 Å². The Morgan fingerprint density at radius 2 is 2.16 bits per heavy atom. The number of morpholine rings is 1. The lowest BCUT2D eigenvalue weighted by Crippen LogP contribution is -2.55. The van der Waals surface area contributed by atoms with Crippen LogP contribution in [-0.2, 0) is 14.9 Å². The maximum Gasteiger partial charge on any atom is 0.282 e. The zero-order chi connectivity index (χ0) is 13.9. The highest BCUT2D eigenvalue weighted by Crippen LogP contribution is 2.23. The van der Waals surface area contributed by atoms with Gasteiger partial charge in [-0.2, -0.15) is 17.0 Å². The number of rotatable bonds is 4. The van der Waals surface area contributed by atoms with E-state index >= 15 is 0 Å². The van der Waals surface area contributed by atoms with Crippen LogP contribution in [0.2, 0.25) is 0 Å². The van der Waals surface area contributed by atoms with Gasteiger partial charge in [0.2, 0.25) is 0 Å². The Morgan fingerprint density at radius 3 is 2.84 bits per heavy atom. The van der Waals surface area contributed by atoms with E-state index in [0.717, 1.165) is 19.4 Å². The molecule has 2 aliphatic heterocycles. The van der Waals surface area contributed by atoms with Crippen molar-refractivity contribution in [1.82, 2.24) is 13.9 Å². The Labute approximate surface area is 116 Å². The molecule has 0 saturated carbocycles. The molecule has 0 spiro atoms. The predicted octanol–water partition coefficient (Wildman–Crippen LogP) is -0.117. The van der Waals surface area contributed by atoms with Crippen LogP contribution in [0.1, 0.15) is 19.8 Å². The Hall–Kier alpha value is -0.210. The van der Waals surface area contributed by atoms with E-state index in [9.17, 15) is 8.42 Å². The minimum absolute atomic E-state index is 0.0663. The molecule has 2 heterocycles. The molecule has 2 unspecified atom stereocenters. The first-order valence-corrected chi connectivity index (χ1v) is 8.44. The molecule has 0 amide bonds. The zero-order valence-electron chi connectivity index (χ0n) is 11.8. The summed E-state index contributed by atoms with van der Waals surface area (Å²) in [4.78, 5) is 0. The molecular weight excluding hydrogens is 266 g/mol. The van der Waals surface area contributed by atoms with Crippen LogP contribution in [0.3, 0.4) is 0 Å². The number of ether oxygens (including phenoxy) is 1. The molecule has 2 aliphatic rings. The number of nitrogens with one attached hydrogen (secondary N) is 1. The van der Waals surface area contributed by atoms with Crippen LogP contribution < -0.4 is 5.32 Å².